The molecule has 5 heteroatoms. The number of nitrogens with one attached hydrogen (secondary N) is 1. The summed E-state index contributed by atoms with van der Waals surface area (Å²) in [7, 11) is 1.54. The van der Waals surface area contributed by atoms with Crippen LogP contribution in [0.3, 0.4) is 0 Å². The molecule has 106 valence electrons. The van der Waals surface area contributed by atoms with Gasteiger partial charge in [-0.25, -0.2) is 4.39 Å². The van der Waals surface area contributed by atoms with Crippen LogP contribution in [0, 0.1) is 5.82 Å². The summed E-state index contributed by atoms with van der Waals surface area (Å²) < 4.78 is 18.4. The van der Waals surface area contributed by atoms with Crippen molar-refractivity contribution in [3.63, 3.8) is 0 Å². The normalized spacial score (nSPS) is 12.2. The molecule has 1 unspecified atom stereocenters. The average Bonchev–Trinajstić information content (AvgIpc) is 2.48. The van der Waals surface area contributed by atoms with E-state index < -0.39 is 0 Å². The summed E-state index contributed by atoms with van der Waals surface area (Å²) in [6, 6.07) is 9.93. The minimum absolute atomic E-state index is 0.177. The van der Waals surface area contributed by atoms with Gasteiger partial charge in [-0.15, -0.1) is 10.2 Å². The quantitative estimate of drug-likeness (QED) is 0.880. The highest BCUT2D eigenvalue weighted by atomic mass is 19.1. The number of aromatic nitrogens is 2. The van der Waals surface area contributed by atoms with Crippen LogP contribution in [0.5, 0.6) is 5.88 Å². The number of nitrogens with zero attached hydrogens (tertiary/aromatic N) is 2. The standard InChI is InChI=1S/C15H18FN3O/c1-3-9-17-15(11-5-4-6-12(16)10-11)13-7-8-14(20-2)19-18-13/h4-8,10,15,17H,3,9H2,1-2H3. The molecular weight excluding hydrogens is 257 g/mol. The van der Waals surface area contributed by atoms with Crippen LogP contribution in [0.15, 0.2) is 36.4 Å². The maximum atomic E-state index is 13.4. The Morgan fingerprint density at radius 3 is 2.70 bits per heavy atom. The lowest BCUT2D eigenvalue weighted by molar-refractivity contribution is 0.390. The molecule has 0 saturated heterocycles. The molecule has 0 amide bonds. The molecule has 1 aromatic carbocycles. The average molecular weight is 275 g/mol. The Morgan fingerprint density at radius 2 is 2.10 bits per heavy atom. The van der Waals surface area contributed by atoms with Gasteiger partial charge in [-0.1, -0.05) is 19.1 Å². The first-order chi connectivity index (χ1) is 9.74. The van der Waals surface area contributed by atoms with Gasteiger partial charge in [0.25, 0.3) is 0 Å². The fraction of sp³-hybridized carbons (Fsp3) is 0.333. The Kier molecular flexibility index (Phi) is 5.01. The van der Waals surface area contributed by atoms with E-state index in [4.69, 9.17) is 4.74 Å². The number of hydrogen-bond donors (Lipinski definition) is 1. The molecule has 0 aliphatic rings. The third-order valence-electron chi connectivity index (χ3n) is 2.95. The highest BCUT2D eigenvalue weighted by Gasteiger charge is 2.16. The number of hydrogen-bond acceptors (Lipinski definition) is 4. The first kappa shape index (κ1) is 14.4. The summed E-state index contributed by atoms with van der Waals surface area (Å²) in [5.41, 5.74) is 1.57. The van der Waals surface area contributed by atoms with Crippen molar-refractivity contribution >= 4 is 0 Å². The van der Waals surface area contributed by atoms with Crippen molar-refractivity contribution in [1.29, 1.82) is 0 Å². The number of ether oxygens (including phenoxy) is 1. The predicted octanol–water partition coefficient (Wildman–Crippen LogP) is 2.71. The first-order valence-electron chi connectivity index (χ1n) is 6.61. The second-order valence-corrected chi connectivity index (χ2v) is 4.44. The van der Waals surface area contributed by atoms with Crippen LogP contribution >= 0.6 is 0 Å². The van der Waals surface area contributed by atoms with E-state index in [1.807, 2.05) is 12.1 Å². The summed E-state index contributed by atoms with van der Waals surface area (Å²) in [6.45, 7) is 2.89. The van der Waals surface area contributed by atoms with Crippen molar-refractivity contribution in [1.82, 2.24) is 15.5 Å². The van der Waals surface area contributed by atoms with E-state index in [1.54, 1.807) is 19.2 Å². The molecule has 0 aliphatic heterocycles. The molecule has 0 radical (unpaired) electrons. The van der Waals surface area contributed by atoms with Gasteiger partial charge < -0.3 is 10.1 Å². The number of rotatable bonds is 6. The van der Waals surface area contributed by atoms with Crippen LogP contribution in [0.4, 0.5) is 4.39 Å². The summed E-state index contributed by atoms with van der Waals surface area (Å²) in [4.78, 5) is 0. The lowest BCUT2D eigenvalue weighted by Crippen LogP contribution is -2.24. The van der Waals surface area contributed by atoms with E-state index in [0.717, 1.165) is 24.2 Å². The van der Waals surface area contributed by atoms with Gasteiger partial charge in [0.05, 0.1) is 18.8 Å². The van der Waals surface area contributed by atoms with Crippen LogP contribution in [-0.4, -0.2) is 23.9 Å². The lowest BCUT2D eigenvalue weighted by Gasteiger charge is -2.18. The Hall–Kier alpha value is -2.01. The molecule has 1 aromatic heterocycles. The van der Waals surface area contributed by atoms with Crippen molar-refractivity contribution in [2.24, 2.45) is 0 Å². The van der Waals surface area contributed by atoms with Crippen LogP contribution in [0.1, 0.15) is 30.6 Å². The minimum Gasteiger partial charge on any atom is -0.480 e. The molecular formula is C15H18FN3O. The first-order valence-corrected chi connectivity index (χ1v) is 6.61. The summed E-state index contributed by atoms with van der Waals surface area (Å²) in [5, 5.41) is 11.5. The molecule has 1 heterocycles. The van der Waals surface area contributed by atoms with Crippen LogP contribution in [0.25, 0.3) is 0 Å². The highest BCUT2D eigenvalue weighted by molar-refractivity contribution is 5.28. The smallest absolute Gasteiger partial charge is 0.233 e. The predicted molar refractivity (Wildman–Crippen MR) is 75.1 cm³/mol. The Morgan fingerprint density at radius 1 is 1.25 bits per heavy atom. The third-order valence-corrected chi connectivity index (χ3v) is 2.95. The van der Waals surface area contributed by atoms with E-state index in [9.17, 15) is 4.39 Å². The Bertz CT molecular complexity index is 545. The Balaban J connectivity index is 2.30. The van der Waals surface area contributed by atoms with Gasteiger partial charge in [-0.05, 0) is 36.7 Å². The molecule has 20 heavy (non-hydrogen) atoms. The van der Waals surface area contributed by atoms with E-state index in [1.165, 1.54) is 12.1 Å². The van der Waals surface area contributed by atoms with E-state index in [-0.39, 0.29) is 11.9 Å². The van der Waals surface area contributed by atoms with Gasteiger partial charge in [-0.2, -0.15) is 0 Å². The van der Waals surface area contributed by atoms with Crippen molar-refractivity contribution < 1.29 is 9.13 Å². The van der Waals surface area contributed by atoms with Crippen molar-refractivity contribution in [3.05, 3.63) is 53.5 Å². The molecule has 0 spiro atoms. The lowest BCUT2D eigenvalue weighted by atomic mass is 10.0. The fourth-order valence-corrected chi connectivity index (χ4v) is 1.96. The Labute approximate surface area is 118 Å². The third kappa shape index (κ3) is 3.51. The van der Waals surface area contributed by atoms with Gasteiger partial charge in [0.1, 0.15) is 5.82 Å². The second-order valence-electron chi connectivity index (χ2n) is 4.44. The van der Waals surface area contributed by atoms with Crippen LogP contribution in [0.2, 0.25) is 0 Å². The molecule has 1 atom stereocenters. The highest BCUT2D eigenvalue weighted by Crippen LogP contribution is 2.21. The number of benzene rings is 1. The maximum absolute atomic E-state index is 13.4. The zero-order valence-corrected chi connectivity index (χ0v) is 11.6. The van der Waals surface area contributed by atoms with Crippen molar-refractivity contribution in [2.45, 2.75) is 19.4 Å². The largest absolute Gasteiger partial charge is 0.480 e. The summed E-state index contributed by atoms with van der Waals surface area (Å²) in [5.74, 6) is 0.203. The minimum atomic E-state index is -0.257. The molecule has 0 saturated carbocycles. The summed E-state index contributed by atoms with van der Waals surface area (Å²) >= 11 is 0. The molecule has 2 rings (SSSR count). The SMILES string of the molecule is CCCNC(c1cccc(F)c1)c1ccc(OC)nn1. The second kappa shape index (κ2) is 6.96. The molecule has 0 fully saturated rings. The van der Waals surface area contributed by atoms with Gasteiger partial charge in [0, 0.05) is 6.07 Å². The van der Waals surface area contributed by atoms with E-state index in [2.05, 4.69) is 22.4 Å². The van der Waals surface area contributed by atoms with E-state index >= 15 is 0 Å². The van der Waals surface area contributed by atoms with Gasteiger partial charge in [0.15, 0.2) is 0 Å². The van der Waals surface area contributed by atoms with Gasteiger partial charge >= 0.3 is 0 Å². The van der Waals surface area contributed by atoms with Crippen molar-refractivity contribution in [3.8, 4) is 5.88 Å². The number of halogens is 1. The zero-order chi connectivity index (χ0) is 14.4. The van der Waals surface area contributed by atoms with Crippen LogP contribution < -0.4 is 10.1 Å². The fourth-order valence-electron chi connectivity index (χ4n) is 1.96. The molecule has 0 bridgehead atoms. The molecule has 4 nitrogen and oxygen atoms in total. The van der Waals surface area contributed by atoms with Crippen LogP contribution in [-0.2, 0) is 0 Å². The maximum Gasteiger partial charge on any atom is 0.233 e. The number of methoxy groups -OCH3 is 1. The van der Waals surface area contributed by atoms with E-state index in [0.29, 0.717) is 5.88 Å². The summed E-state index contributed by atoms with van der Waals surface area (Å²) in [6.07, 6.45) is 0.982. The molecule has 1 N–H and O–H groups in total. The zero-order valence-electron chi connectivity index (χ0n) is 11.6. The topological polar surface area (TPSA) is 47.0 Å². The van der Waals surface area contributed by atoms with Gasteiger partial charge in [-0.3, -0.25) is 0 Å². The molecule has 0 aliphatic carbocycles. The monoisotopic (exact) mass is 275 g/mol. The molecule has 2 aromatic rings. The van der Waals surface area contributed by atoms with Crippen molar-refractivity contribution in [2.75, 3.05) is 13.7 Å². The van der Waals surface area contributed by atoms with Gasteiger partial charge in [0.2, 0.25) is 5.88 Å².